The molecule has 0 aliphatic heterocycles. The number of rotatable bonds is 5. The largest absolute Gasteiger partial charge is 0.349 e. The molecule has 0 aliphatic rings. The Labute approximate surface area is 91.5 Å². The highest BCUT2D eigenvalue weighted by molar-refractivity contribution is 5.85. The maximum absolute atomic E-state index is 11.1. The fourth-order valence-corrected chi connectivity index (χ4v) is 0.704. The van der Waals surface area contributed by atoms with Crippen molar-refractivity contribution in [3.63, 3.8) is 0 Å². The van der Waals surface area contributed by atoms with Gasteiger partial charge in [-0.05, 0) is 13.3 Å². The maximum Gasteiger partial charge on any atom is 0.222 e. The van der Waals surface area contributed by atoms with Crippen LogP contribution in [0.1, 0.15) is 19.8 Å². The second-order valence-electron chi connectivity index (χ2n) is 2.85. The van der Waals surface area contributed by atoms with Crippen LogP contribution in [-0.2, 0) is 4.79 Å². The van der Waals surface area contributed by atoms with Crippen LogP contribution in [0.3, 0.4) is 0 Å². The van der Waals surface area contributed by atoms with Crippen molar-refractivity contribution < 1.29 is 4.79 Å². The van der Waals surface area contributed by atoms with E-state index in [1.807, 2.05) is 6.92 Å². The molecular weight excluding hydrogens is 202 g/mol. The molecule has 82 valence electrons. The fourth-order valence-electron chi connectivity index (χ4n) is 0.704. The first kappa shape index (κ1) is 15.6. The van der Waals surface area contributed by atoms with Gasteiger partial charge in [-0.2, -0.15) is 0 Å². The Bertz CT molecular complexity index is 210. The van der Waals surface area contributed by atoms with E-state index in [1.54, 1.807) is 19.0 Å². The lowest BCUT2D eigenvalue weighted by molar-refractivity contribution is -0.128. The molecule has 0 aliphatic carbocycles. The van der Waals surface area contributed by atoms with E-state index in [4.69, 9.17) is 0 Å². The van der Waals surface area contributed by atoms with Crippen LogP contribution in [0.2, 0.25) is 0 Å². The number of halogens is 1. The number of amides is 1. The summed E-state index contributed by atoms with van der Waals surface area (Å²) in [5.41, 5.74) is 0. The molecule has 0 heterocycles. The normalized spacial score (nSPS) is 8.21. The molecule has 0 fully saturated rings. The first-order chi connectivity index (χ1) is 6.18. The lowest BCUT2D eigenvalue weighted by Gasteiger charge is -2.08. The van der Waals surface area contributed by atoms with Crippen LogP contribution in [0, 0.1) is 0 Å². The predicted molar refractivity (Wildman–Crippen MR) is 60.4 cm³/mol. The topological polar surface area (TPSA) is 45.0 Å². The van der Waals surface area contributed by atoms with E-state index in [-0.39, 0.29) is 18.3 Å². The van der Waals surface area contributed by atoms with Gasteiger partial charge in [0.05, 0.1) is 12.6 Å². The van der Waals surface area contributed by atoms with E-state index >= 15 is 0 Å². The van der Waals surface area contributed by atoms with Gasteiger partial charge in [0.15, 0.2) is 0 Å². The van der Waals surface area contributed by atoms with Crippen molar-refractivity contribution in [3.8, 4) is 0 Å². The summed E-state index contributed by atoms with van der Waals surface area (Å²) in [7, 11) is 3.51. The van der Waals surface area contributed by atoms with Gasteiger partial charge >= 0.3 is 0 Å². The van der Waals surface area contributed by atoms with Crippen LogP contribution >= 0.6 is 12.4 Å². The lowest BCUT2D eigenvalue weighted by Crippen LogP contribution is -2.21. The molecule has 0 aromatic rings. The summed E-state index contributed by atoms with van der Waals surface area (Å²) in [6.07, 6.45) is 1.31. The standard InChI is InChI=1S/C9H17N3O.ClH/c1-4-10-8-11-7-5-6-9(13)12(2)3;/h4-7H2,1-3H3;1H. The smallest absolute Gasteiger partial charge is 0.222 e. The molecule has 0 bridgehead atoms. The summed E-state index contributed by atoms with van der Waals surface area (Å²) >= 11 is 0. The molecule has 4 nitrogen and oxygen atoms in total. The number of aliphatic imine (C=N–C) groups is 2. The summed E-state index contributed by atoms with van der Waals surface area (Å²) in [6.45, 7) is 3.27. The number of hydrogen-bond donors (Lipinski definition) is 0. The monoisotopic (exact) mass is 219 g/mol. The Morgan fingerprint density at radius 3 is 2.50 bits per heavy atom. The second-order valence-corrected chi connectivity index (χ2v) is 2.85. The predicted octanol–water partition coefficient (Wildman–Crippen LogP) is 1.47. The minimum absolute atomic E-state index is 0. The van der Waals surface area contributed by atoms with Gasteiger partial charge < -0.3 is 4.90 Å². The molecule has 0 saturated carbocycles. The van der Waals surface area contributed by atoms with Crippen molar-refractivity contribution in [3.05, 3.63) is 0 Å². The number of hydrogen-bond acceptors (Lipinski definition) is 3. The molecule has 0 aromatic heterocycles. The highest BCUT2D eigenvalue weighted by atomic mass is 35.5. The zero-order chi connectivity index (χ0) is 10.1. The van der Waals surface area contributed by atoms with Crippen LogP contribution in [0.5, 0.6) is 0 Å². The fraction of sp³-hybridized carbons (Fsp3) is 0.778. The first-order valence-electron chi connectivity index (χ1n) is 4.46. The van der Waals surface area contributed by atoms with Crippen LogP contribution in [0.25, 0.3) is 0 Å². The van der Waals surface area contributed by atoms with Gasteiger partial charge in [0, 0.05) is 27.1 Å². The second kappa shape index (κ2) is 10.2. The molecule has 0 atom stereocenters. The van der Waals surface area contributed by atoms with E-state index in [9.17, 15) is 4.79 Å². The van der Waals surface area contributed by atoms with Crippen LogP contribution < -0.4 is 0 Å². The number of carbonyl (C=O) groups excluding carboxylic acids is 1. The molecule has 5 heteroatoms. The van der Waals surface area contributed by atoms with Crippen molar-refractivity contribution in [2.24, 2.45) is 9.98 Å². The van der Waals surface area contributed by atoms with Crippen molar-refractivity contribution in [1.29, 1.82) is 0 Å². The van der Waals surface area contributed by atoms with Gasteiger partial charge in [-0.25, -0.2) is 9.98 Å². The van der Waals surface area contributed by atoms with Gasteiger partial charge in [-0.1, -0.05) is 0 Å². The van der Waals surface area contributed by atoms with Gasteiger partial charge in [-0.3, -0.25) is 4.79 Å². The van der Waals surface area contributed by atoms with Gasteiger partial charge in [-0.15, -0.1) is 12.4 Å². The molecule has 0 N–H and O–H groups in total. The van der Waals surface area contributed by atoms with E-state index < -0.39 is 0 Å². The van der Waals surface area contributed by atoms with Crippen LogP contribution in [0.15, 0.2) is 9.98 Å². The third kappa shape index (κ3) is 9.23. The third-order valence-electron chi connectivity index (χ3n) is 1.46. The Morgan fingerprint density at radius 2 is 2.00 bits per heavy atom. The summed E-state index contributed by atoms with van der Waals surface area (Å²) in [6, 6.07) is 2.56. The van der Waals surface area contributed by atoms with Crippen molar-refractivity contribution in [2.45, 2.75) is 19.8 Å². The summed E-state index contributed by atoms with van der Waals surface area (Å²) < 4.78 is 0. The minimum atomic E-state index is 0. The van der Waals surface area contributed by atoms with Crippen molar-refractivity contribution in [1.82, 2.24) is 4.90 Å². The van der Waals surface area contributed by atoms with Crippen LogP contribution in [0.4, 0.5) is 0 Å². The minimum Gasteiger partial charge on any atom is -0.349 e. The third-order valence-corrected chi connectivity index (χ3v) is 1.46. The Balaban J connectivity index is 0. The average molecular weight is 220 g/mol. The van der Waals surface area contributed by atoms with Gasteiger partial charge in [0.25, 0.3) is 0 Å². The molecule has 0 aromatic carbocycles. The van der Waals surface area contributed by atoms with E-state index in [0.29, 0.717) is 19.5 Å². The lowest BCUT2D eigenvalue weighted by atomic mass is 10.3. The highest BCUT2D eigenvalue weighted by Gasteiger charge is 2.01. The molecule has 0 radical (unpaired) electrons. The van der Waals surface area contributed by atoms with Crippen molar-refractivity contribution in [2.75, 3.05) is 27.2 Å². The zero-order valence-electron chi connectivity index (χ0n) is 8.99. The molecule has 14 heavy (non-hydrogen) atoms. The molecule has 1 amide bonds. The molecule has 0 unspecified atom stereocenters. The molecular formula is C9H18ClN3O. The summed E-state index contributed by atoms with van der Waals surface area (Å²) in [4.78, 5) is 20.4. The quantitative estimate of drug-likeness (QED) is 0.510. The number of nitrogens with zero attached hydrogens (tertiary/aromatic N) is 3. The van der Waals surface area contributed by atoms with Crippen LogP contribution in [-0.4, -0.2) is 44.0 Å². The Kier molecular flexibility index (Phi) is 11.4. The average Bonchev–Trinajstić information content (AvgIpc) is 2.10. The molecule has 0 spiro atoms. The maximum atomic E-state index is 11.1. The van der Waals surface area contributed by atoms with E-state index in [0.717, 1.165) is 6.42 Å². The first-order valence-corrected chi connectivity index (χ1v) is 4.46. The SMILES string of the molecule is CCN=C=NCCCC(=O)N(C)C.Cl. The van der Waals surface area contributed by atoms with E-state index in [1.165, 1.54) is 0 Å². The summed E-state index contributed by atoms with van der Waals surface area (Å²) in [5.74, 6) is 0.141. The highest BCUT2D eigenvalue weighted by Crippen LogP contribution is 1.92. The zero-order valence-corrected chi connectivity index (χ0v) is 9.80. The molecule has 0 rings (SSSR count). The Hall–Kier alpha value is -0.860. The van der Waals surface area contributed by atoms with Gasteiger partial charge in [0.1, 0.15) is 0 Å². The van der Waals surface area contributed by atoms with E-state index in [2.05, 4.69) is 16.0 Å². The summed E-state index contributed by atoms with van der Waals surface area (Å²) in [5, 5.41) is 0. The van der Waals surface area contributed by atoms with Crippen molar-refractivity contribution >= 4 is 24.3 Å². The van der Waals surface area contributed by atoms with Gasteiger partial charge in [0.2, 0.25) is 5.91 Å². The molecule has 0 saturated heterocycles. The number of carbonyl (C=O) groups is 1. The Morgan fingerprint density at radius 1 is 1.36 bits per heavy atom.